The zero-order chi connectivity index (χ0) is 11.5. The fourth-order valence-electron chi connectivity index (χ4n) is 1.49. The third-order valence-electron chi connectivity index (χ3n) is 2.39. The molecule has 2 heterocycles. The maximum absolute atomic E-state index is 5.46. The quantitative estimate of drug-likeness (QED) is 0.860. The molecule has 4 nitrogen and oxygen atoms in total. The summed E-state index contributed by atoms with van der Waals surface area (Å²) < 4.78 is 10.9. The first-order valence-corrected chi connectivity index (χ1v) is 5.36. The van der Waals surface area contributed by atoms with E-state index < -0.39 is 0 Å². The van der Waals surface area contributed by atoms with Gasteiger partial charge < -0.3 is 8.83 Å². The summed E-state index contributed by atoms with van der Waals surface area (Å²) in [6, 6.07) is 4.01. The van der Waals surface area contributed by atoms with E-state index in [1.165, 1.54) is 0 Å². The Labute approximate surface area is 94.7 Å². The first-order valence-electron chi connectivity index (χ1n) is 5.36. The van der Waals surface area contributed by atoms with Crippen molar-refractivity contribution in [1.29, 1.82) is 0 Å². The van der Waals surface area contributed by atoms with Gasteiger partial charge in [-0.25, -0.2) is 4.98 Å². The molecule has 16 heavy (non-hydrogen) atoms. The van der Waals surface area contributed by atoms with E-state index in [1.54, 1.807) is 6.20 Å². The average molecular weight is 220 g/mol. The number of furan rings is 1. The summed E-state index contributed by atoms with van der Waals surface area (Å²) in [5.41, 5.74) is 0. The number of nitrogens with zero attached hydrogens (tertiary/aromatic N) is 1. The molecule has 1 atom stereocenters. The Morgan fingerprint density at radius 1 is 1.25 bits per heavy atom. The van der Waals surface area contributed by atoms with E-state index in [0.717, 1.165) is 17.3 Å². The molecule has 0 aliphatic heterocycles. The average Bonchev–Trinajstić information content (AvgIpc) is 2.84. The van der Waals surface area contributed by atoms with Gasteiger partial charge in [-0.15, -0.1) is 0 Å². The van der Waals surface area contributed by atoms with Gasteiger partial charge in [-0.05, 0) is 32.9 Å². The minimum Gasteiger partial charge on any atom is -0.465 e. The van der Waals surface area contributed by atoms with E-state index in [0.29, 0.717) is 12.4 Å². The molecule has 0 fully saturated rings. The highest BCUT2D eigenvalue weighted by Gasteiger charge is 2.11. The molecule has 86 valence electrons. The molecule has 0 saturated carbocycles. The minimum absolute atomic E-state index is 0.0825. The van der Waals surface area contributed by atoms with E-state index in [-0.39, 0.29) is 6.04 Å². The van der Waals surface area contributed by atoms with Gasteiger partial charge in [0.15, 0.2) is 0 Å². The lowest BCUT2D eigenvalue weighted by Gasteiger charge is -2.08. The molecule has 2 rings (SSSR count). The van der Waals surface area contributed by atoms with Gasteiger partial charge in [-0.1, -0.05) is 0 Å². The SMILES string of the molecule is Cc1ccc(CNC(C)c2ncc(C)o2)o1. The van der Waals surface area contributed by atoms with Crippen LogP contribution in [0.15, 0.2) is 27.2 Å². The minimum atomic E-state index is 0.0825. The normalized spacial score (nSPS) is 12.9. The monoisotopic (exact) mass is 220 g/mol. The van der Waals surface area contributed by atoms with Gasteiger partial charge in [0.2, 0.25) is 5.89 Å². The Kier molecular flexibility index (Phi) is 3.10. The molecule has 1 N–H and O–H groups in total. The highest BCUT2D eigenvalue weighted by atomic mass is 16.4. The predicted octanol–water partition coefficient (Wildman–Crippen LogP) is 2.74. The number of rotatable bonds is 4. The first-order chi connectivity index (χ1) is 7.65. The van der Waals surface area contributed by atoms with Crippen molar-refractivity contribution in [2.75, 3.05) is 0 Å². The van der Waals surface area contributed by atoms with Crippen molar-refractivity contribution >= 4 is 0 Å². The van der Waals surface area contributed by atoms with E-state index in [4.69, 9.17) is 8.83 Å². The van der Waals surface area contributed by atoms with Crippen LogP contribution in [0.1, 0.15) is 36.1 Å². The van der Waals surface area contributed by atoms with Gasteiger partial charge in [-0.2, -0.15) is 0 Å². The van der Waals surface area contributed by atoms with Crippen LogP contribution in [-0.2, 0) is 6.54 Å². The Balaban J connectivity index is 1.91. The van der Waals surface area contributed by atoms with E-state index >= 15 is 0 Å². The second kappa shape index (κ2) is 4.53. The Hall–Kier alpha value is -1.55. The largest absolute Gasteiger partial charge is 0.465 e. The van der Waals surface area contributed by atoms with Crippen molar-refractivity contribution in [2.24, 2.45) is 0 Å². The number of oxazole rings is 1. The van der Waals surface area contributed by atoms with Crippen LogP contribution in [-0.4, -0.2) is 4.98 Å². The van der Waals surface area contributed by atoms with Crippen molar-refractivity contribution < 1.29 is 8.83 Å². The van der Waals surface area contributed by atoms with Crippen molar-refractivity contribution in [3.63, 3.8) is 0 Å². The van der Waals surface area contributed by atoms with Crippen LogP contribution >= 0.6 is 0 Å². The highest BCUT2D eigenvalue weighted by Crippen LogP contribution is 2.13. The van der Waals surface area contributed by atoms with Crippen LogP contribution in [0.2, 0.25) is 0 Å². The lowest BCUT2D eigenvalue weighted by molar-refractivity contribution is 0.383. The molecule has 4 heteroatoms. The maximum Gasteiger partial charge on any atom is 0.211 e. The van der Waals surface area contributed by atoms with E-state index in [2.05, 4.69) is 10.3 Å². The van der Waals surface area contributed by atoms with Crippen molar-refractivity contribution in [2.45, 2.75) is 33.4 Å². The fraction of sp³-hybridized carbons (Fsp3) is 0.417. The summed E-state index contributed by atoms with van der Waals surface area (Å²) in [7, 11) is 0. The lowest BCUT2D eigenvalue weighted by atomic mass is 10.3. The number of hydrogen-bond donors (Lipinski definition) is 1. The van der Waals surface area contributed by atoms with Crippen LogP contribution < -0.4 is 5.32 Å². The van der Waals surface area contributed by atoms with E-state index in [9.17, 15) is 0 Å². The summed E-state index contributed by atoms with van der Waals surface area (Å²) in [6.07, 6.45) is 1.73. The molecular weight excluding hydrogens is 204 g/mol. The van der Waals surface area contributed by atoms with Gasteiger partial charge in [0.05, 0.1) is 18.8 Å². The summed E-state index contributed by atoms with van der Waals surface area (Å²) in [5.74, 6) is 3.39. The summed E-state index contributed by atoms with van der Waals surface area (Å²) >= 11 is 0. The number of aromatic nitrogens is 1. The molecular formula is C12H16N2O2. The molecule has 1 unspecified atom stereocenters. The number of aryl methyl sites for hydroxylation is 2. The molecule has 0 amide bonds. The second-order valence-electron chi connectivity index (χ2n) is 3.92. The van der Waals surface area contributed by atoms with Crippen LogP contribution in [0.5, 0.6) is 0 Å². The molecule has 0 bridgehead atoms. The highest BCUT2D eigenvalue weighted by molar-refractivity contribution is 5.05. The standard InChI is InChI=1S/C12H16N2O2/c1-8-4-5-11(15-8)7-13-10(3)12-14-6-9(2)16-12/h4-6,10,13H,7H2,1-3H3. The third kappa shape index (κ3) is 2.52. The maximum atomic E-state index is 5.46. The van der Waals surface area contributed by atoms with Gasteiger partial charge in [0.25, 0.3) is 0 Å². The molecule has 0 saturated heterocycles. The van der Waals surface area contributed by atoms with Gasteiger partial charge in [0, 0.05) is 0 Å². The topological polar surface area (TPSA) is 51.2 Å². The molecule has 2 aromatic heterocycles. The van der Waals surface area contributed by atoms with Crippen LogP contribution in [0.4, 0.5) is 0 Å². The van der Waals surface area contributed by atoms with Crippen molar-refractivity contribution in [3.05, 3.63) is 41.5 Å². The smallest absolute Gasteiger partial charge is 0.211 e. The van der Waals surface area contributed by atoms with E-state index in [1.807, 2.05) is 32.9 Å². The first kappa shape index (κ1) is 11.0. The third-order valence-corrected chi connectivity index (χ3v) is 2.39. The lowest BCUT2D eigenvalue weighted by Crippen LogP contribution is -2.17. The van der Waals surface area contributed by atoms with Crippen LogP contribution in [0.25, 0.3) is 0 Å². The Morgan fingerprint density at radius 2 is 2.06 bits per heavy atom. The Morgan fingerprint density at radius 3 is 2.62 bits per heavy atom. The van der Waals surface area contributed by atoms with Crippen molar-refractivity contribution in [1.82, 2.24) is 10.3 Å². The fourth-order valence-corrected chi connectivity index (χ4v) is 1.49. The molecule has 0 aromatic carbocycles. The number of nitrogens with one attached hydrogen (secondary N) is 1. The van der Waals surface area contributed by atoms with Crippen LogP contribution in [0, 0.1) is 13.8 Å². The van der Waals surface area contributed by atoms with Crippen LogP contribution in [0.3, 0.4) is 0 Å². The van der Waals surface area contributed by atoms with Crippen molar-refractivity contribution in [3.8, 4) is 0 Å². The number of hydrogen-bond acceptors (Lipinski definition) is 4. The summed E-state index contributed by atoms with van der Waals surface area (Å²) in [6.45, 7) is 6.51. The molecule has 2 aromatic rings. The molecule has 0 radical (unpaired) electrons. The van der Waals surface area contributed by atoms with Gasteiger partial charge in [0.1, 0.15) is 17.3 Å². The molecule has 0 aliphatic carbocycles. The van der Waals surface area contributed by atoms with Gasteiger partial charge >= 0.3 is 0 Å². The summed E-state index contributed by atoms with van der Waals surface area (Å²) in [4.78, 5) is 4.17. The zero-order valence-corrected chi connectivity index (χ0v) is 9.78. The van der Waals surface area contributed by atoms with Gasteiger partial charge in [-0.3, -0.25) is 5.32 Å². The second-order valence-corrected chi connectivity index (χ2v) is 3.92. The predicted molar refractivity (Wildman–Crippen MR) is 59.9 cm³/mol. The Bertz CT molecular complexity index is 459. The molecule has 0 spiro atoms. The molecule has 0 aliphatic rings. The summed E-state index contributed by atoms with van der Waals surface area (Å²) in [5, 5.41) is 3.29. The zero-order valence-electron chi connectivity index (χ0n) is 9.78.